The molecule has 1 saturated carbocycles. The van der Waals surface area contributed by atoms with E-state index in [0.717, 1.165) is 29.0 Å². The predicted octanol–water partition coefficient (Wildman–Crippen LogP) is 5.36. The lowest BCUT2D eigenvalue weighted by atomic mass is 9.77. The maximum absolute atomic E-state index is 12.5. The van der Waals surface area contributed by atoms with Gasteiger partial charge < -0.3 is 20.1 Å². The van der Waals surface area contributed by atoms with Crippen LogP contribution in [-0.4, -0.2) is 23.1 Å². The van der Waals surface area contributed by atoms with Crippen LogP contribution in [0.25, 0.3) is 10.9 Å². The summed E-state index contributed by atoms with van der Waals surface area (Å²) in [5.74, 6) is 2.09. The van der Waals surface area contributed by atoms with Gasteiger partial charge in [-0.3, -0.25) is 4.79 Å². The SMILES string of the molecule is CC1CC(CO)C1.O=CNc1c[nH]c2ccc(OCc3ccc(C(F)(F)F)cc3)cc12. The van der Waals surface area contributed by atoms with Gasteiger partial charge in [-0.25, -0.2) is 0 Å². The molecule has 0 radical (unpaired) electrons. The van der Waals surface area contributed by atoms with Crippen LogP contribution in [0, 0.1) is 11.8 Å². The van der Waals surface area contributed by atoms with Crippen LogP contribution in [0.2, 0.25) is 0 Å². The number of H-pyrrole nitrogens is 1. The number of carbonyl (C=O) groups is 1. The van der Waals surface area contributed by atoms with Crippen LogP contribution in [0.5, 0.6) is 5.75 Å². The monoisotopic (exact) mass is 434 g/mol. The number of rotatable bonds is 6. The summed E-state index contributed by atoms with van der Waals surface area (Å²) in [5, 5.41) is 11.9. The quantitative estimate of drug-likeness (QED) is 0.458. The van der Waals surface area contributed by atoms with E-state index in [1.54, 1.807) is 24.4 Å². The average Bonchev–Trinajstić information content (AvgIpc) is 3.12. The third kappa shape index (κ3) is 6.01. The van der Waals surface area contributed by atoms with Gasteiger partial charge in [0.15, 0.2) is 0 Å². The Bertz CT molecular complexity index is 993. The summed E-state index contributed by atoms with van der Waals surface area (Å²) in [7, 11) is 0. The number of halogens is 3. The number of aromatic nitrogens is 1. The predicted molar refractivity (Wildman–Crippen MR) is 113 cm³/mol. The molecule has 3 N–H and O–H groups in total. The highest BCUT2D eigenvalue weighted by Crippen LogP contribution is 2.32. The molecular weight excluding hydrogens is 409 g/mol. The molecule has 1 aliphatic rings. The molecule has 4 rings (SSSR count). The molecule has 2 aromatic carbocycles. The number of carbonyl (C=O) groups excluding carboxylic acids is 1. The van der Waals surface area contributed by atoms with Crippen LogP contribution < -0.4 is 10.1 Å². The van der Waals surface area contributed by atoms with Gasteiger partial charge >= 0.3 is 6.18 Å². The summed E-state index contributed by atoms with van der Waals surface area (Å²) < 4.78 is 43.2. The zero-order valence-corrected chi connectivity index (χ0v) is 17.1. The normalized spacial score (nSPS) is 18.0. The number of fused-ring (bicyclic) bond motifs is 1. The van der Waals surface area contributed by atoms with Crippen molar-refractivity contribution in [1.82, 2.24) is 4.98 Å². The van der Waals surface area contributed by atoms with E-state index in [2.05, 4.69) is 17.2 Å². The minimum atomic E-state index is -4.35. The van der Waals surface area contributed by atoms with Crippen molar-refractivity contribution in [3.8, 4) is 5.75 Å². The van der Waals surface area contributed by atoms with Crippen LogP contribution in [-0.2, 0) is 17.6 Å². The topological polar surface area (TPSA) is 74.4 Å². The Kier molecular flexibility index (Phi) is 7.22. The molecule has 0 bridgehead atoms. The van der Waals surface area contributed by atoms with E-state index in [4.69, 9.17) is 9.84 Å². The van der Waals surface area contributed by atoms with Crippen LogP contribution in [0.1, 0.15) is 30.9 Å². The molecule has 0 aliphatic heterocycles. The minimum Gasteiger partial charge on any atom is -0.489 e. The molecule has 3 aromatic rings. The van der Waals surface area contributed by atoms with E-state index < -0.39 is 11.7 Å². The van der Waals surface area contributed by atoms with E-state index in [1.807, 2.05) is 0 Å². The lowest BCUT2D eigenvalue weighted by Crippen LogP contribution is -2.23. The number of ether oxygens (including phenoxy) is 1. The molecule has 166 valence electrons. The fourth-order valence-electron chi connectivity index (χ4n) is 3.55. The first kappa shape index (κ1) is 22.7. The lowest BCUT2D eigenvalue weighted by molar-refractivity contribution is -0.137. The van der Waals surface area contributed by atoms with Crippen LogP contribution in [0.3, 0.4) is 0 Å². The van der Waals surface area contributed by atoms with E-state index in [-0.39, 0.29) is 6.61 Å². The molecule has 0 spiro atoms. The Morgan fingerprint density at radius 2 is 1.90 bits per heavy atom. The molecule has 8 heteroatoms. The van der Waals surface area contributed by atoms with Crippen molar-refractivity contribution in [3.63, 3.8) is 0 Å². The Morgan fingerprint density at radius 3 is 2.45 bits per heavy atom. The van der Waals surface area contributed by atoms with Crippen molar-refractivity contribution in [2.75, 3.05) is 11.9 Å². The molecule has 1 fully saturated rings. The third-order valence-electron chi connectivity index (χ3n) is 5.28. The van der Waals surface area contributed by atoms with Crippen molar-refractivity contribution < 1.29 is 27.8 Å². The number of benzene rings is 2. The fourth-order valence-corrected chi connectivity index (χ4v) is 3.55. The Labute approximate surface area is 178 Å². The fraction of sp³-hybridized carbons (Fsp3) is 0.348. The molecule has 1 aromatic heterocycles. The Morgan fingerprint density at radius 1 is 1.19 bits per heavy atom. The molecular formula is C23H25F3N2O3. The van der Waals surface area contributed by atoms with Gasteiger partial charge in [0.25, 0.3) is 0 Å². The summed E-state index contributed by atoms with van der Waals surface area (Å²) in [6.45, 7) is 2.78. The first-order valence-corrected chi connectivity index (χ1v) is 10.0. The standard InChI is InChI=1S/C17H13F3N2O2.C6H12O/c18-17(19,20)12-3-1-11(2-4-12)9-24-13-5-6-15-14(7-13)16(8-21-15)22-10-23;1-5-2-6(3-5)4-7/h1-8,10,21H,9H2,(H,22,23);5-7H,2-4H2,1H3. The average molecular weight is 434 g/mol. The zero-order chi connectivity index (χ0) is 22.4. The molecule has 0 atom stereocenters. The zero-order valence-electron chi connectivity index (χ0n) is 17.1. The number of alkyl halides is 3. The van der Waals surface area contributed by atoms with Crippen LogP contribution in [0.15, 0.2) is 48.7 Å². The highest BCUT2D eigenvalue weighted by atomic mass is 19.4. The van der Waals surface area contributed by atoms with Gasteiger partial charge in [-0.15, -0.1) is 0 Å². The van der Waals surface area contributed by atoms with Gasteiger partial charge in [0.2, 0.25) is 6.41 Å². The summed E-state index contributed by atoms with van der Waals surface area (Å²) in [5.41, 5.74) is 1.40. The first-order valence-electron chi connectivity index (χ1n) is 10.0. The van der Waals surface area contributed by atoms with E-state index in [0.29, 0.717) is 35.9 Å². The second-order valence-electron chi connectivity index (χ2n) is 7.78. The summed E-state index contributed by atoms with van der Waals surface area (Å²) in [6.07, 6.45) is 0.394. The summed E-state index contributed by atoms with van der Waals surface area (Å²) >= 11 is 0. The highest BCUT2D eigenvalue weighted by molar-refractivity contribution is 5.97. The summed E-state index contributed by atoms with van der Waals surface area (Å²) in [6, 6.07) is 10.1. The molecule has 5 nitrogen and oxygen atoms in total. The summed E-state index contributed by atoms with van der Waals surface area (Å²) in [4.78, 5) is 13.6. The molecule has 1 heterocycles. The lowest BCUT2D eigenvalue weighted by Gasteiger charge is -2.30. The van der Waals surface area contributed by atoms with Gasteiger partial charge in [0.05, 0.1) is 11.3 Å². The number of aliphatic hydroxyl groups is 1. The van der Waals surface area contributed by atoms with E-state index in [9.17, 15) is 18.0 Å². The molecule has 0 unspecified atom stereocenters. The van der Waals surface area contributed by atoms with Gasteiger partial charge in [-0.1, -0.05) is 19.1 Å². The number of aliphatic hydroxyl groups excluding tert-OH is 1. The van der Waals surface area contributed by atoms with Crippen molar-refractivity contribution in [3.05, 3.63) is 59.8 Å². The van der Waals surface area contributed by atoms with Gasteiger partial charge in [-0.05, 0) is 60.6 Å². The van der Waals surface area contributed by atoms with E-state index in [1.165, 1.54) is 25.0 Å². The van der Waals surface area contributed by atoms with Crippen LogP contribution >= 0.6 is 0 Å². The third-order valence-corrected chi connectivity index (χ3v) is 5.28. The van der Waals surface area contributed by atoms with Crippen LogP contribution in [0.4, 0.5) is 18.9 Å². The van der Waals surface area contributed by atoms with Gasteiger partial charge in [0.1, 0.15) is 12.4 Å². The number of hydrogen-bond acceptors (Lipinski definition) is 3. The Hall–Kier alpha value is -3.00. The van der Waals surface area contributed by atoms with E-state index >= 15 is 0 Å². The number of anilines is 1. The first-order chi connectivity index (χ1) is 14.8. The Balaban J connectivity index is 0.000000330. The maximum Gasteiger partial charge on any atom is 0.416 e. The van der Waals surface area contributed by atoms with Gasteiger partial charge in [0, 0.05) is 23.7 Å². The van der Waals surface area contributed by atoms with Crippen molar-refractivity contribution >= 4 is 23.0 Å². The number of hydrogen-bond donors (Lipinski definition) is 3. The van der Waals surface area contributed by atoms with Gasteiger partial charge in [-0.2, -0.15) is 13.2 Å². The number of aromatic amines is 1. The molecule has 31 heavy (non-hydrogen) atoms. The number of amides is 1. The maximum atomic E-state index is 12.5. The molecule has 1 amide bonds. The smallest absolute Gasteiger partial charge is 0.416 e. The minimum absolute atomic E-state index is 0.143. The molecule has 0 saturated heterocycles. The highest BCUT2D eigenvalue weighted by Gasteiger charge is 2.29. The van der Waals surface area contributed by atoms with Crippen molar-refractivity contribution in [1.29, 1.82) is 0 Å². The number of nitrogens with one attached hydrogen (secondary N) is 2. The second-order valence-corrected chi connectivity index (χ2v) is 7.78. The largest absolute Gasteiger partial charge is 0.489 e. The van der Waals surface area contributed by atoms with Crippen molar-refractivity contribution in [2.45, 2.75) is 32.5 Å². The van der Waals surface area contributed by atoms with Crippen molar-refractivity contribution in [2.24, 2.45) is 11.8 Å². The molecule has 1 aliphatic carbocycles. The second kappa shape index (κ2) is 9.87.